The standard InChI is InChI=1S/2BrH.K.Zn/h2*1H;;/q;;+1;+2/p-2. The van der Waals surface area contributed by atoms with Crippen LogP contribution >= 0.6 is 0 Å². The van der Waals surface area contributed by atoms with Crippen molar-refractivity contribution in [1.29, 1.82) is 0 Å². The van der Waals surface area contributed by atoms with E-state index in [1.807, 2.05) is 0 Å². The molecule has 0 aromatic rings. The third-order valence-electron chi connectivity index (χ3n) is 0. The first-order valence-electron chi connectivity index (χ1n) is 0. The Kier molecular flexibility index (Phi) is 110. The van der Waals surface area contributed by atoms with E-state index in [0.717, 1.165) is 0 Å². The third-order valence-corrected chi connectivity index (χ3v) is 0. The van der Waals surface area contributed by atoms with E-state index < -0.39 is 0 Å². The minimum absolute atomic E-state index is 0. The van der Waals surface area contributed by atoms with Gasteiger partial charge in [-0.1, -0.05) is 0 Å². The molecule has 0 fully saturated rings. The van der Waals surface area contributed by atoms with Gasteiger partial charge in [-0.05, 0) is 0 Å². The van der Waals surface area contributed by atoms with Crippen molar-refractivity contribution >= 4 is 0 Å². The summed E-state index contributed by atoms with van der Waals surface area (Å²) in [5.74, 6) is 0. The summed E-state index contributed by atoms with van der Waals surface area (Å²) in [6, 6.07) is 0. The summed E-state index contributed by atoms with van der Waals surface area (Å²) in [6.45, 7) is 0. The molecule has 4 heavy (non-hydrogen) atoms. The van der Waals surface area contributed by atoms with Crippen LogP contribution in [0.1, 0.15) is 0 Å². The molecular weight excluding hydrogens is 264 g/mol. The average Bonchev–Trinajstić information content (AvgIpc) is 0. The molecule has 0 nitrogen and oxygen atoms in total. The van der Waals surface area contributed by atoms with Crippen LogP contribution in [0.4, 0.5) is 0 Å². The Balaban J connectivity index is 0. The van der Waals surface area contributed by atoms with E-state index in [1.165, 1.54) is 0 Å². The van der Waals surface area contributed by atoms with Crippen LogP contribution in [-0.4, -0.2) is 0 Å². The molecule has 0 heterocycles. The Bertz CT molecular complexity index is 6.00. The maximum atomic E-state index is 0. The molecule has 4 heteroatoms. The van der Waals surface area contributed by atoms with Gasteiger partial charge in [0.1, 0.15) is 0 Å². The summed E-state index contributed by atoms with van der Waals surface area (Å²) in [5, 5.41) is 0. The molecule has 16 valence electrons. The van der Waals surface area contributed by atoms with Crippen LogP contribution in [0.25, 0.3) is 0 Å². The number of rotatable bonds is 0. The third kappa shape index (κ3) is 8.97. The van der Waals surface area contributed by atoms with Gasteiger partial charge in [0.2, 0.25) is 0 Å². The molecule has 0 atom stereocenters. The molecule has 0 aliphatic heterocycles. The Morgan fingerprint density at radius 2 is 0.750 bits per heavy atom. The summed E-state index contributed by atoms with van der Waals surface area (Å²) >= 11 is 0. The smallest absolute Gasteiger partial charge is 1.00 e. The topological polar surface area (TPSA) is 0 Å². The SMILES string of the molecule is [Br-].[Br-].[K+].[Zn+2]. The predicted octanol–water partition coefficient (Wildman–Crippen LogP) is -8.99. The number of halogens is 2. The first kappa shape index (κ1) is 26.9. The van der Waals surface area contributed by atoms with E-state index in [9.17, 15) is 0 Å². The van der Waals surface area contributed by atoms with Gasteiger partial charge in [0, 0.05) is 0 Å². The van der Waals surface area contributed by atoms with Crippen molar-refractivity contribution in [2.75, 3.05) is 0 Å². The first-order valence-corrected chi connectivity index (χ1v) is 0. The second kappa shape index (κ2) is 16.3. The Hall–Kier alpha value is 3.22. The Labute approximate surface area is 102 Å². The van der Waals surface area contributed by atoms with Crippen LogP contribution < -0.4 is 85.3 Å². The van der Waals surface area contributed by atoms with Crippen LogP contribution in [0.2, 0.25) is 0 Å². The maximum absolute atomic E-state index is 0. The van der Waals surface area contributed by atoms with Gasteiger partial charge >= 0.3 is 70.9 Å². The van der Waals surface area contributed by atoms with Crippen molar-refractivity contribution in [2.45, 2.75) is 0 Å². The van der Waals surface area contributed by atoms with Crippen molar-refractivity contribution in [3.05, 3.63) is 0 Å². The molecule has 0 radical (unpaired) electrons. The van der Waals surface area contributed by atoms with Gasteiger partial charge < -0.3 is 34.0 Å². The molecule has 0 rings (SSSR count). The Morgan fingerprint density at radius 1 is 0.750 bits per heavy atom. The molecule has 0 aromatic carbocycles. The molecule has 0 saturated heterocycles. The van der Waals surface area contributed by atoms with Gasteiger partial charge in [-0.2, -0.15) is 0 Å². The first-order chi connectivity index (χ1) is 0. The van der Waals surface area contributed by atoms with Gasteiger partial charge in [-0.25, -0.2) is 0 Å². The molecule has 0 unspecified atom stereocenters. The van der Waals surface area contributed by atoms with Crippen LogP contribution in [0.3, 0.4) is 0 Å². The van der Waals surface area contributed by atoms with E-state index in [0.29, 0.717) is 0 Å². The fraction of sp³-hybridized carbons (Fsp3) is 0. The summed E-state index contributed by atoms with van der Waals surface area (Å²) in [5.41, 5.74) is 0. The molecule has 0 aliphatic rings. The molecule has 0 bridgehead atoms. The van der Waals surface area contributed by atoms with Crippen LogP contribution in [-0.2, 0) is 19.5 Å². The van der Waals surface area contributed by atoms with Crippen LogP contribution in [0, 0.1) is 0 Å². The van der Waals surface area contributed by atoms with Crippen molar-refractivity contribution < 1.29 is 105 Å². The van der Waals surface area contributed by atoms with Crippen LogP contribution in [0.5, 0.6) is 0 Å². The quantitative estimate of drug-likeness (QED) is 0.381. The molecule has 0 saturated carbocycles. The fourth-order valence-electron chi connectivity index (χ4n) is 0. The Morgan fingerprint density at radius 3 is 0.750 bits per heavy atom. The second-order valence-corrected chi connectivity index (χ2v) is 0. The van der Waals surface area contributed by atoms with Crippen molar-refractivity contribution in [3.8, 4) is 0 Å². The van der Waals surface area contributed by atoms with E-state index >= 15 is 0 Å². The van der Waals surface area contributed by atoms with E-state index in [4.69, 9.17) is 0 Å². The van der Waals surface area contributed by atoms with Gasteiger partial charge in [-0.3, -0.25) is 0 Å². The van der Waals surface area contributed by atoms with Crippen molar-refractivity contribution in [2.24, 2.45) is 0 Å². The van der Waals surface area contributed by atoms with Crippen molar-refractivity contribution in [3.63, 3.8) is 0 Å². The monoisotopic (exact) mass is 261 g/mol. The zero-order chi connectivity index (χ0) is 0. The van der Waals surface area contributed by atoms with Gasteiger partial charge in [0.25, 0.3) is 0 Å². The molecule has 0 amide bonds. The summed E-state index contributed by atoms with van der Waals surface area (Å²) in [6.07, 6.45) is 0. The molecule has 0 aliphatic carbocycles. The number of hydrogen-bond acceptors (Lipinski definition) is 0. The number of hydrogen-bond donors (Lipinski definition) is 0. The second-order valence-electron chi connectivity index (χ2n) is 0. The van der Waals surface area contributed by atoms with Gasteiger partial charge in [0.15, 0.2) is 0 Å². The molecule has 0 spiro atoms. The summed E-state index contributed by atoms with van der Waals surface area (Å²) in [4.78, 5) is 0. The fourth-order valence-corrected chi connectivity index (χ4v) is 0. The minimum Gasteiger partial charge on any atom is -1.00 e. The van der Waals surface area contributed by atoms with Crippen LogP contribution in [0.15, 0.2) is 0 Å². The zero-order valence-electron chi connectivity index (χ0n) is 2.46. The maximum Gasteiger partial charge on any atom is 2.00 e. The molecule has 0 aromatic heterocycles. The minimum atomic E-state index is 0. The van der Waals surface area contributed by atoms with Crippen molar-refractivity contribution in [1.82, 2.24) is 0 Å². The van der Waals surface area contributed by atoms with E-state index in [1.54, 1.807) is 0 Å². The largest absolute Gasteiger partial charge is 2.00 e. The predicted molar refractivity (Wildman–Crippen MR) is 0 cm³/mol. The normalized spacial score (nSPS) is 0. The van der Waals surface area contributed by atoms with Gasteiger partial charge in [-0.15, -0.1) is 0 Å². The average molecular weight is 264 g/mol. The van der Waals surface area contributed by atoms with Gasteiger partial charge in [0.05, 0.1) is 0 Å². The zero-order valence-corrected chi connectivity index (χ0v) is 11.7. The summed E-state index contributed by atoms with van der Waals surface area (Å²) in [7, 11) is 0. The van der Waals surface area contributed by atoms with E-state index in [2.05, 4.69) is 0 Å². The molecule has 0 N–H and O–H groups in total. The van der Waals surface area contributed by atoms with E-state index in [-0.39, 0.29) is 105 Å². The summed E-state index contributed by atoms with van der Waals surface area (Å²) < 4.78 is 0. The molecular formula is Br2KZn+.